The van der Waals surface area contributed by atoms with Crippen molar-refractivity contribution in [2.75, 3.05) is 33.3 Å². The van der Waals surface area contributed by atoms with E-state index in [-0.39, 0.29) is 5.75 Å². The zero-order chi connectivity index (χ0) is 17.6. The molecule has 5 nitrogen and oxygen atoms in total. The third-order valence-corrected chi connectivity index (χ3v) is 4.49. The van der Waals surface area contributed by atoms with Gasteiger partial charge in [0, 0.05) is 38.3 Å². The van der Waals surface area contributed by atoms with E-state index >= 15 is 0 Å². The minimum atomic E-state index is 0.147. The molecule has 2 aromatic carbocycles. The number of aromatic hydroxyl groups is 1. The maximum atomic E-state index is 9.71. The molecular weight excluding hydrogens is 314 g/mol. The summed E-state index contributed by atoms with van der Waals surface area (Å²) >= 11 is 0. The van der Waals surface area contributed by atoms with Crippen LogP contribution in [0.15, 0.2) is 53.6 Å². The first-order chi connectivity index (χ1) is 12.2. The van der Waals surface area contributed by atoms with Gasteiger partial charge in [-0.3, -0.25) is 9.91 Å². The maximum absolute atomic E-state index is 9.71. The molecular formula is C20H25N3O2. The highest BCUT2D eigenvalue weighted by Crippen LogP contribution is 2.26. The van der Waals surface area contributed by atoms with Crippen LogP contribution in [0.1, 0.15) is 18.1 Å². The van der Waals surface area contributed by atoms with Crippen molar-refractivity contribution in [2.45, 2.75) is 13.5 Å². The number of nitrogens with zero attached hydrogens (tertiary/aromatic N) is 3. The number of hydrogen-bond acceptors (Lipinski definition) is 5. The van der Waals surface area contributed by atoms with Crippen LogP contribution in [0, 0.1) is 0 Å². The molecule has 0 atom stereocenters. The second kappa shape index (κ2) is 8.03. The molecule has 2 aromatic rings. The first-order valence-corrected chi connectivity index (χ1v) is 8.59. The summed E-state index contributed by atoms with van der Waals surface area (Å²) in [6, 6.07) is 15.9. The van der Waals surface area contributed by atoms with Gasteiger partial charge in [0.1, 0.15) is 0 Å². The van der Waals surface area contributed by atoms with E-state index < -0.39 is 0 Å². The third-order valence-electron chi connectivity index (χ3n) is 4.49. The van der Waals surface area contributed by atoms with Gasteiger partial charge in [-0.1, -0.05) is 30.3 Å². The van der Waals surface area contributed by atoms with Crippen molar-refractivity contribution in [3.8, 4) is 11.5 Å². The van der Waals surface area contributed by atoms with Crippen LogP contribution < -0.4 is 4.74 Å². The Hall–Kier alpha value is -2.53. The molecule has 0 radical (unpaired) electrons. The number of hydrazone groups is 1. The Bertz CT molecular complexity index is 723. The zero-order valence-corrected chi connectivity index (χ0v) is 14.9. The standard InChI is InChI=1S/C20H25N3O2/c1-16(18-8-9-19(24)20(14-18)25-2)21-23-12-10-22(11-13-23)15-17-6-4-3-5-7-17/h3-9,14,24H,10-13,15H2,1-2H3/b21-16-. The van der Waals surface area contributed by atoms with E-state index in [1.165, 1.54) is 5.56 Å². The van der Waals surface area contributed by atoms with Gasteiger partial charge in [0.2, 0.25) is 0 Å². The molecule has 5 heteroatoms. The van der Waals surface area contributed by atoms with E-state index in [2.05, 4.69) is 40.2 Å². The normalized spacial score (nSPS) is 16.1. The molecule has 1 fully saturated rings. The third kappa shape index (κ3) is 4.51. The van der Waals surface area contributed by atoms with Crippen molar-refractivity contribution in [3.05, 3.63) is 59.7 Å². The molecule has 3 rings (SSSR count). The van der Waals surface area contributed by atoms with Gasteiger partial charge < -0.3 is 9.84 Å². The summed E-state index contributed by atoms with van der Waals surface area (Å²) < 4.78 is 5.17. The lowest BCUT2D eigenvalue weighted by Gasteiger charge is -2.33. The van der Waals surface area contributed by atoms with Crippen molar-refractivity contribution < 1.29 is 9.84 Å². The van der Waals surface area contributed by atoms with Gasteiger partial charge >= 0.3 is 0 Å². The fraction of sp³-hybridized carbons (Fsp3) is 0.350. The Morgan fingerprint density at radius 3 is 2.48 bits per heavy atom. The summed E-state index contributed by atoms with van der Waals surface area (Å²) in [4.78, 5) is 2.46. The van der Waals surface area contributed by atoms with E-state index in [1.54, 1.807) is 13.2 Å². The average Bonchev–Trinajstić information content (AvgIpc) is 2.64. The van der Waals surface area contributed by atoms with Crippen LogP contribution in [0.25, 0.3) is 0 Å². The van der Waals surface area contributed by atoms with Crippen LogP contribution in [-0.2, 0) is 6.54 Å². The summed E-state index contributed by atoms with van der Waals surface area (Å²) in [6.07, 6.45) is 0. The smallest absolute Gasteiger partial charge is 0.161 e. The number of methoxy groups -OCH3 is 1. The Morgan fingerprint density at radius 2 is 1.80 bits per heavy atom. The molecule has 0 amide bonds. The van der Waals surface area contributed by atoms with Crippen LogP contribution in [-0.4, -0.2) is 54.0 Å². The Morgan fingerprint density at radius 1 is 1.08 bits per heavy atom. The van der Waals surface area contributed by atoms with Crippen LogP contribution in [0.2, 0.25) is 0 Å². The summed E-state index contributed by atoms with van der Waals surface area (Å²) in [5.74, 6) is 0.619. The van der Waals surface area contributed by atoms with E-state index in [4.69, 9.17) is 9.84 Å². The lowest BCUT2D eigenvalue weighted by atomic mass is 10.1. The van der Waals surface area contributed by atoms with Crippen LogP contribution in [0.3, 0.4) is 0 Å². The van der Waals surface area contributed by atoms with Crippen LogP contribution >= 0.6 is 0 Å². The molecule has 0 spiro atoms. The van der Waals surface area contributed by atoms with Crippen molar-refractivity contribution in [1.29, 1.82) is 0 Å². The lowest BCUT2D eigenvalue weighted by molar-refractivity contribution is 0.130. The molecule has 1 heterocycles. The second-order valence-electron chi connectivity index (χ2n) is 6.29. The fourth-order valence-corrected chi connectivity index (χ4v) is 3.01. The van der Waals surface area contributed by atoms with Gasteiger partial charge in [-0.15, -0.1) is 0 Å². The molecule has 132 valence electrons. The van der Waals surface area contributed by atoms with Crippen LogP contribution in [0.5, 0.6) is 11.5 Å². The number of hydrogen-bond donors (Lipinski definition) is 1. The first kappa shape index (κ1) is 17.3. The fourth-order valence-electron chi connectivity index (χ4n) is 3.01. The predicted molar refractivity (Wildman–Crippen MR) is 100 cm³/mol. The van der Waals surface area contributed by atoms with Gasteiger partial charge in [0.05, 0.1) is 12.8 Å². The largest absolute Gasteiger partial charge is 0.504 e. The summed E-state index contributed by atoms with van der Waals surface area (Å²) in [7, 11) is 1.55. The number of phenols is 1. The summed E-state index contributed by atoms with van der Waals surface area (Å²) in [5.41, 5.74) is 3.24. The number of rotatable bonds is 5. The number of ether oxygens (including phenoxy) is 1. The van der Waals surface area contributed by atoms with Gasteiger partial charge in [-0.25, -0.2) is 0 Å². The molecule has 0 aromatic heterocycles. The Kier molecular flexibility index (Phi) is 5.56. The highest BCUT2D eigenvalue weighted by atomic mass is 16.5. The van der Waals surface area contributed by atoms with Gasteiger partial charge in [-0.05, 0) is 30.7 Å². The molecule has 1 N–H and O–H groups in total. The van der Waals surface area contributed by atoms with E-state index in [9.17, 15) is 5.11 Å². The van der Waals surface area contributed by atoms with Gasteiger partial charge in [0.15, 0.2) is 11.5 Å². The zero-order valence-electron chi connectivity index (χ0n) is 14.9. The molecule has 0 aliphatic carbocycles. The monoisotopic (exact) mass is 339 g/mol. The molecule has 25 heavy (non-hydrogen) atoms. The number of phenolic OH excluding ortho intramolecular Hbond substituents is 1. The highest BCUT2D eigenvalue weighted by Gasteiger charge is 2.16. The van der Waals surface area contributed by atoms with Gasteiger partial charge in [-0.2, -0.15) is 5.10 Å². The predicted octanol–water partition coefficient (Wildman–Crippen LogP) is 2.94. The molecule has 1 saturated heterocycles. The average molecular weight is 339 g/mol. The lowest BCUT2D eigenvalue weighted by Crippen LogP contribution is -2.43. The van der Waals surface area contributed by atoms with Crippen LogP contribution in [0.4, 0.5) is 0 Å². The minimum Gasteiger partial charge on any atom is -0.504 e. The quantitative estimate of drug-likeness (QED) is 0.851. The van der Waals surface area contributed by atoms with E-state index in [1.807, 2.05) is 19.1 Å². The number of benzene rings is 2. The van der Waals surface area contributed by atoms with E-state index in [0.29, 0.717) is 5.75 Å². The summed E-state index contributed by atoms with van der Waals surface area (Å²) in [5, 5.41) is 16.6. The highest BCUT2D eigenvalue weighted by molar-refractivity contribution is 5.99. The molecule has 0 saturated carbocycles. The minimum absolute atomic E-state index is 0.147. The van der Waals surface area contributed by atoms with Crippen molar-refractivity contribution in [3.63, 3.8) is 0 Å². The Balaban J connectivity index is 1.58. The second-order valence-corrected chi connectivity index (χ2v) is 6.29. The van der Waals surface area contributed by atoms with E-state index in [0.717, 1.165) is 44.0 Å². The Labute approximate surface area is 149 Å². The first-order valence-electron chi connectivity index (χ1n) is 8.59. The topological polar surface area (TPSA) is 48.3 Å². The number of piperazine rings is 1. The molecule has 0 unspecified atom stereocenters. The van der Waals surface area contributed by atoms with Crippen molar-refractivity contribution in [2.24, 2.45) is 5.10 Å². The maximum Gasteiger partial charge on any atom is 0.161 e. The molecule has 0 bridgehead atoms. The summed E-state index contributed by atoms with van der Waals surface area (Å²) in [6.45, 7) is 6.82. The SMILES string of the molecule is COc1cc(/C(C)=N\N2CCN(Cc3ccccc3)CC2)ccc1O. The molecule has 1 aliphatic rings. The van der Waals surface area contributed by atoms with Gasteiger partial charge in [0.25, 0.3) is 0 Å². The van der Waals surface area contributed by atoms with Crippen molar-refractivity contribution >= 4 is 5.71 Å². The van der Waals surface area contributed by atoms with Crippen molar-refractivity contribution in [1.82, 2.24) is 9.91 Å². The molecule has 1 aliphatic heterocycles.